The molecular weight excluding hydrogens is 384 g/mol. The van der Waals surface area contributed by atoms with E-state index in [1.165, 1.54) is 0 Å². The predicted molar refractivity (Wildman–Crippen MR) is 110 cm³/mol. The Balaban J connectivity index is 1.67. The van der Waals surface area contributed by atoms with Crippen LogP contribution in [-0.2, 0) is 16.1 Å². The van der Waals surface area contributed by atoms with E-state index in [4.69, 9.17) is 14.7 Å². The standard InChI is InChI=1S/C23H28N2O5/c1-23(9-11-29-12-10-23)22(27)25-14-18-8-7-17(21(26)24-28)13-20(18)30-15-19(25)16-5-3-2-4-6-16/h2-5,7-8,13,16,19,28H,6,9-12,14-15H2,1H3,(H,24,26)/t16?,19-/m1/s1. The van der Waals surface area contributed by atoms with Crippen molar-refractivity contribution in [3.8, 4) is 5.75 Å². The fraction of sp³-hybridized carbons (Fsp3) is 0.478. The number of benzene rings is 1. The van der Waals surface area contributed by atoms with Gasteiger partial charge in [-0.15, -0.1) is 0 Å². The monoisotopic (exact) mass is 412 g/mol. The molecule has 4 rings (SSSR count). The Kier molecular flexibility index (Phi) is 5.92. The van der Waals surface area contributed by atoms with E-state index >= 15 is 0 Å². The minimum absolute atomic E-state index is 0.110. The van der Waals surface area contributed by atoms with Gasteiger partial charge in [0.15, 0.2) is 0 Å². The lowest BCUT2D eigenvalue weighted by molar-refractivity contribution is -0.151. The van der Waals surface area contributed by atoms with Gasteiger partial charge in [-0.05, 0) is 31.4 Å². The molecule has 1 aromatic rings. The smallest absolute Gasteiger partial charge is 0.274 e. The van der Waals surface area contributed by atoms with Crippen molar-refractivity contribution < 1.29 is 24.3 Å². The van der Waals surface area contributed by atoms with E-state index in [2.05, 4.69) is 12.2 Å². The van der Waals surface area contributed by atoms with E-state index in [1.807, 2.05) is 24.0 Å². The van der Waals surface area contributed by atoms with Crippen LogP contribution in [0.1, 0.15) is 42.1 Å². The van der Waals surface area contributed by atoms with E-state index < -0.39 is 11.3 Å². The topological polar surface area (TPSA) is 88.1 Å². The first-order chi connectivity index (χ1) is 14.5. The summed E-state index contributed by atoms with van der Waals surface area (Å²) in [6.07, 6.45) is 10.6. The molecule has 1 unspecified atom stereocenters. The van der Waals surface area contributed by atoms with Crippen molar-refractivity contribution >= 4 is 11.8 Å². The zero-order chi connectivity index (χ0) is 21.1. The fourth-order valence-electron chi connectivity index (χ4n) is 4.44. The molecule has 0 radical (unpaired) electrons. The van der Waals surface area contributed by atoms with Crippen LogP contribution < -0.4 is 10.2 Å². The molecule has 0 spiro atoms. The average molecular weight is 412 g/mol. The molecule has 1 aliphatic carbocycles. The van der Waals surface area contributed by atoms with E-state index in [1.54, 1.807) is 23.7 Å². The lowest BCUT2D eigenvalue weighted by Gasteiger charge is -2.41. The average Bonchev–Trinajstić information content (AvgIpc) is 2.98. The summed E-state index contributed by atoms with van der Waals surface area (Å²) in [4.78, 5) is 27.6. The maximum atomic E-state index is 13.8. The summed E-state index contributed by atoms with van der Waals surface area (Å²) >= 11 is 0. The third-order valence-electron chi connectivity index (χ3n) is 6.46. The van der Waals surface area contributed by atoms with Gasteiger partial charge in [-0.25, -0.2) is 5.48 Å². The van der Waals surface area contributed by atoms with Crippen LogP contribution in [0.15, 0.2) is 42.5 Å². The number of rotatable bonds is 3. The Labute approximate surface area is 176 Å². The maximum absolute atomic E-state index is 13.8. The molecule has 7 heteroatoms. The van der Waals surface area contributed by atoms with E-state index in [0.717, 1.165) is 12.0 Å². The van der Waals surface area contributed by atoms with Gasteiger partial charge >= 0.3 is 0 Å². The molecular formula is C23H28N2O5. The number of hydroxylamine groups is 1. The summed E-state index contributed by atoms with van der Waals surface area (Å²) in [7, 11) is 0. The third-order valence-corrected chi connectivity index (χ3v) is 6.46. The number of nitrogens with zero attached hydrogens (tertiary/aromatic N) is 1. The van der Waals surface area contributed by atoms with Crippen LogP contribution in [0.4, 0.5) is 0 Å². The number of amides is 2. The summed E-state index contributed by atoms with van der Waals surface area (Å²) in [6.45, 7) is 3.99. The Hall–Kier alpha value is -2.64. The molecule has 2 amide bonds. The highest BCUT2D eigenvalue weighted by atomic mass is 16.5. The Bertz CT molecular complexity index is 872. The van der Waals surface area contributed by atoms with Crippen molar-refractivity contribution in [1.82, 2.24) is 10.4 Å². The third kappa shape index (κ3) is 4.00. The first-order valence-corrected chi connectivity index (χ1v) is 10.4. The molecule has 1 fully saturated rings. The molecule has 30 heavy (non-hydrogen) atoms. The highest BCUT2D eigenvalue weighted by Crippen LogP contribution is 2.37. The zero-order valence-electron chi connectivity index (χ0n) is 17.2. The summed E-state index contributed by atoms with van der Waals surface area (Å²) in [6, 6.07) is 4.95. The fourth-order valence-corrected chi connectivity index (χ4v) is 4.44. The van der Waals surface area contributed by atoms with Crippen LogP contribution in [0.2, 0.25) is 0 Å². The Morgan fingerprint density at radius 1 is 1.23 bits per heavy atom. The van der Waals surface area contributed by atoms with Crippen LogP contribution in [0.25, 0.3) is 0 Å². The van der Waals surface area contributed by atoms with Crippen molar-refractivity contribution in [2.24, 2.45) is 11.3 Å². The minimum Gasteiger partial charge on any atom is -0.491 e. The maximum Gasteiger partial charge on any atom is 0.274 e. The van der Waals surface area contributed by atoms with Crippen LogP contribution in [0.5, 0.6) is 5.75 Å². The first kappa shape index (κ1) is 20.6. The largest absolute Gasteiger partial charge is 0.491 e. The molecule has 0 bridgehead atoms. The van der Waals surface area contributed by atoms with Gasteiger partial charge in [-0.3, -0.25) is 14.8 Å². The summed E-state index contributed by atoms with van der Waals surface area (Å²) in [5.74, 6) is 0.276. The molecule has 3 aliphatic rings. The summed E-state index contributed by atoms with van der Waals surface area (Å²) in [5.41, 5.74) is 2.36. The second-order valence-corrected chi connectivity index (χ2v) is 8.46. The van der Waals surface area contributed by atoms with Crippen LogP contribution in [0.3, 0.4) is 0 Å². The molecule has 2 N–H and O–H groups in total. The lowest BCUT2D eigenvalue weighted by Crippen LogP contribution is -2.52. The van der Waals surface area contributed by atoms with Gasteiger partial charge in [0, 0.05) is 36.8 Å². The second kappa shape index (κ2) is 8.62. The highest BCUT2D eigenvalue weighted by Gasteiger charge is 2.43. The van der Waals surface area contributed by atoms with Crippen molar-refractivity contribution in [2.45, 2.75) is 38.8 Å². The van der Waals surface area contributed by atoms with Crippen LogP contribution >= 0.6 is 0 Å². The Morgan fingerprint density at radius 2 is 2.03 bits per heavy atom. The van der Waals surface area contributed by atoms with E-state index in [0.29, 0.717) is 50.5 Å². The number of allylic oxidation sites excluding steroid dienone is 3. The SMILES string of the molecule is CC1(C(=O)N2Cc3ccc(C(=O)NO)cc3OC[C@@H]2C2C=CC=CC2)CCOCC1. The first-order valence-electron chi connectivity index (χ1n) is 10.4. The van der Waals surface area contributed by atoms with Gasteiger partial charge in [-0.2, -0.15) is 0 Å². The van der Waals surface area contributed by atoms with Crippen molar-refractivity contribution in [2.75, 3.05) is 19.8 Å². The molecule has 2 heterocycles. The number of ether oxygens (including phenoxy) is 2. The van der Waals surface area contributed by atoms with Gasteiger partial charge in [0.1, 0.15) is 12.4 Å². The molecule has 2 atom stereocenters. The number of carbonyl (C=O) groups excluding carboxylic acids is 2. The molecule has 0 aromatic heterocycles. The lowest BCUT2D eigenvalue weighted by atomic mass is 9.79. The van der Waals surface area contributed by atoms with Crippen molar-refractivity contribution in [3.05, 3.63) is 53.6 Å². The summed E-state index contributed by atoms with van der Waals surface area (Å²) < 4.78 is 11.6. The van der Waals surface area contributed by atoms with Gasteiger partial charge in [0.05, 0.1) is 11.5 Å². The highest BCUT2D eigenvalue weighted by molar-refractivity contribution is 5.94. The molecule has 1 saturated heterocycles. The molecule has 0 saturated carbocycles. The second-order valence-electron chi connectivity index (χ2n) is 8.46. The van der Waals surface area contributed by atoms with Gasteiger partial charge in [0.2, 0.25) is 5.91 Å². The van der Waals surface area contributed by atoms with Crippen LogP contribution in [-0.4, -0.2) is 47.8 Å². The number of hydrogen-bond acceptors (Lipinski definition) is 5. The Morgan fingerprint density at radius 3 is 2.73 bits per heavy atom. The molecule has 160 valence electrons. The van der Waals surface area contributed by atoms with Gasteiger partial charge in [0.25, 0.3) is 5.91 Å². The van der Waals surface area contributed by atoms with Crippen molar-refractivity contribution in [1.29, 1.82) is 0 Å². The van der Waals surface area contributed by atoms with E-state index in [9.17, 15) is 9.59 Å². The number of nitrogens with one attached hydrogen (secondary N) is 1. The molecule has 1 aromatic carbocycles. The van der Waals surface area contributed by atoms with Crippen LogP contribution in [0, 0.1) is 11.3 Å². The number of carbonyl (C=O) groups is 2. The van der Waals surface area contributed by atoms with Crippen molar-refractivity contribution in [3.63, 3.8) is 0 Å². The molecule has 7 nitrogen and oxygen atoms in total. The predicted octanol–water partition coefficient (Wildman–Crippen LogP) is 2.84. The van der Waals surface area contributed by atoms with Gasteiger partial charge in [-0.1, -0.05) is 37.3 Å². The number of hydrogen-bond donors (Lipinski definition) is 2. The normalized spacial score (nSPS) is 25.1. The molecule has 2 aliphatic heterocycles. The number of fused-ring (bicyclic) bond motifs is 1. The van der Waals surface area contributed by atoms with Gasteiger partial charge < -0.3 is 14.4 Å². The minimum atomic E-state index is -0.592. The van der Waals surface area contributed by atoms with E-state index in [-0.39, 0.29) is 17.9 Å². The summed E-state index contributed by atoms with van der Waals surface area (Å²) in [5, 5.41) is 8.93. The quantitative estimate of drug-likeness (QED) is 0.589. The zero-order valence-corrected chi connectivity index (χ0v) is 17.2.